The molecule has 0 radical (unpaired) electrons. The summed E-state index contributed by atoms with van der Waals surface area (Å²) in [6, 6.07) is -0.0192. The number of methoxy groups -OCH3 is 1. The minimum atomic E-state index is -3.16. The molecule has 0 rings (SSSR count). The van der Waals surface area contributed by atoms with Crippen molar-refractivity contribution in [1.29, 1.82) is 0 Å². The zero-order chi connectivity index (χ0) is 13.3. The predicted octanol–water partition coefficient (Wildman–Crippen LogP) is 0.673. The quantitative estimate of drug-likeness (QED) is 0.591. The van der Waals surface area contributed by atoms with E-state index >= 15 is 0 Å². The van der Waals surface area contributed by atoms with Crippen LogP contribution in [0, 0.1) is 0 Å². The monoisotopic (exact) mass is 266 g/mol. The van der Waals surface area contributed by atoms with E-state index in [1.54, 1.807) is 7.11 Å². The zero-order valence-corrected chi connectivity index (χ0v) is 12.2. The number of hydrogen-bond acceptors (Lipinski definition) is 4. The van der Waals surface area contributed by atoms with Crippen LogP contribution in [0.15, 0.2) is 0 Å². The molecule has 0 aliphatic carbocycles. The van der Waals surface area contributed by atoms with Crippen LogP contribution < -0.4 is 5.32 Å². The molecule has 0 aliphatic heterocycles. The molecule has 0 amide bonds. The number of nitrogens with zero attached hydrogens (tertiary/aromatic N) is 1. The van der Waals surface area contributed by atoms with Crippen LogP contribution in [-0.2, 0) is 14.8 Å². The molecule has 6 heteroatoms. The Hall–Kier alpha value is -0.170. The second kappa shape index (κ2) is 8.85. The van der Waals surface area contributed by atoms with Crippen molar-refractivity contribution >= 4 is 10.0 Å². The third kappa shape index (κ3) is 6.98. The fourth-order valence-electron chi connectivity index (χ4n) is 1.57. The number of hydrogen-bond donors (Lipinski definition) is 1. The highest BCUT2D eigenvalue weighted by atomic mass is 32.2. The summed E-state index contributed by atoms with van der Waals surface area (Å²) in [5.41, 5.74) is 0. The molecule has 17 heavy (non-hydrogen) atoms. The molecule has 0 aromatic rings. The molecule has 0 aromatic carbocycles. The summed E-state index contributed by atoms with van der Waals surface area (Å²) in [5, 5.41) is 3.12. The molecule has 104 valence electrons. The van der Waals surface area contributed by atoms with Gasteiger partial charge in [0.05, 0.1) is 12.4 Å². The van der Waals surface area contributed by atoms with Crippen molar-refractivity contribution in [2.75, 3.05) is 39.1 Å². The standard InChI is InChI=1S/C11H26N2O3S/c1-5-12-7-6-10-17(14,15)13(11(2)3)8-9-16-4/h11-12H,5-10H2,1-4H3. The van der Waals surface area contributed by atoms with Gasteiger partial charge in [0.15, 0.2) is 0 Å². The van der Waals surface area contributed by atoms with Gasteiger partial charge in [-0.05, 0) is 33.4 Å². The van der Waals surface area contributed by atoms with Gasteiger partial charge in [0.2, 0.25) is 10.0 Å². The van der Waals surface area contributed by atoms with Crippen molar-refractivity contribution < 1.29 is 13.2 Å². The Balaban J connectivity index is 4.29. The molecule has 0 fully saturated rings. The minimum Gasteiger partial charge on any atom is -0.383 e. The van der Waals surface area contributed by atoms with Gasteiger partial charge in [-0.3, -0.25) is 0 Å². The van der Waals surface area contributed by atoms with Crippen molar-refractivity contribution in [3.8, 4) is 0 Å². The Morgan fingerprint density at radius 2 is 2.00 bits per heavy atom. The van der Waals surface area contributed by atoms with E-state index < -0.39 is 10.0 Å². The van der Waals surface area contributed by atoms with Crippen molar-refractivity contribution in [3.63, 3.8) is 0 Å². The maximum atomic E-state index is 12.1. The smallest absolute Gasteiger partial charge is 0.214 e. The van der Waals surface area contributed by atoms with Gasteiger partial charge in [-0.15, -0.1) is 0 Å². The lowest BCUT2D eigenvalue weighted by Crippen LogP contribution is -2.41. The molecule has 1 N–H and O–H groups in total. The van der Waals surface area contributed by atoms with Gasteiger partial charge in [0.25, 0.3) is 0 Å². The van der Waals surface area contributed by atoms with Crippen molar-refractivity contribution in [1.82, 2.24) is 9.62 Å². The van der Waals surface area contributed by atoms with Crippen LogP contribution in [0.25, 0.3) is 0 Å². The van der Waals surface area contributed by atoms with Gasteiger partial charge in [0, 0.05) is 19.7 Å². The Bertz CT molecular complexity index is 278. The summed E-state index contributed by atoms with van der Waals surface area (Å²) < 4.78 is 30.6. The highest BCUT2D eigenvalue weighted by molar-refractivity contribution is 7.89. The summed E-state index contributed by atoms with van der Waals surface area (Å²) in [7, 11) is -1.58. The van der Waals surface area contributed by atoms with Crippen LogP contribution in [0.3, 0.4) is 0 Å². The van der Waals surface area contributed by atoms with Gasteiger partial charge in [-0.1, -0.05) is 6.92 Å². The average molecular weight is 266 g/mol. The van der Waals surface area contributed by atoms with Crippen molar-refractivity contribution in [2.45, 2.75) is 33.2 Å². The molecule has 0 unspecified atom stereocenters. The van der Waals surface area contributed by atoms with Crippen molar-refractivity contribution in [2.24, 2.45) is 0 Å². The van der Waals surface area contributed by atoms with E-state index in [-0.39, 0.29) is 11.8 Å². The van der Waals surface area contributed by atoms with Crippen LogP contribution in [0.2, 0.25) is 0 Å². The molecule has 0 aliphatic rings. The molecule has 0 spiro atoms. The summed E-state index contributed by atoms with van der Waals surface area (Å²) in [5.74, 6) is 0.196. The Kier molecular flexibility index (Phi) is 8.77. The van der Waals surface area contributed by atoms with E-state index in [1.165, 1.54) is 4.31 Å². The van der Waals surface area contributed by atoms with Gasteiger partial charge in [-0.2, -0.15) is 4.31 Å². The summed E-state index contributed by atoms with van der Waals surface area (Å²) in [6.07, 6.45) is 0.645. The molecular weight excluding hydrogens is 240 g/mol. The van der Waals surface area contributed by atoms with E-state index in [2.05, 4.69) is 5.32 Å². The molecule has 0 bridgehead atoms. The van der Waals surface area contributed by atoms with Gasteiger partial charge in [0.1, 0.15) is 0 Å². The van der Waals surface area contributed by atoms with E-state index in [0.29, 0.717) is 19.6 Å². The van der Waals surface area contributed by atoms with Crippen molar-refractivity contribution in [3.05, 3.63) is 0 Å². The number of rotatable bonds is 10. The highest BCUT2D eigenvalue weighted by Gasteiger charge is 2.23. The topological polar surface area (TPSA) is 58.6 Å². The first-order valence-electron chi connectivity index (χ1n) is 6.14. The lowest BCUT2D eigenvalue weighted by molar-refractivity contribution is 0.171. The molecule has 0 aromatic heterocycles. The molecule has 5 nitrogen and oxygen atoms in total. The Labute approximate surface area is 106 Å². The molecule has 0 atom stereocenters. The minimum absolute atomic E-state index is 0.0192. The van der Waals surface area contributed by atoms with E-state index in [0.717, 1.165) is 13.1 Å². The summed E-state index contributed by atoms with van der Waals surface area (Å²) >= 11 is 0. The predicted molar refractivity (Wildman–Crippen MR) is 70.7 cm³/mol. The second-order valence-electron chi connectivity index (χ2n) is 4.22. The first kappa shape index (κ1) is 16.8. The van der Waals surface area contributed by atoms with Gasteiger partial charge < -0.3 is 10.1 Å². The Morgan fingerprint density at radius 1 is 1.35 bits per heavy atom. The highest BCUT2D eigenvalue weighted by Crippen LogP contribution is 2.08. The fourth-order valence-corrected chi connectivity index (χ4v) is 3.31. The fraction of sp³-hybridized carbons (Fsp3) is 1.00. The number of sulfonamides is 1. The zero-order valence-electron chi connectivity index (χ0n) is 11.4. The summed E-state index contributed by atoms with van der Waals surface area (Å²) in [6.45, 7) is 8.26. The lowest BCUT2D eigenvalue weighted by atomic mass is 10.4. The normalized spacial score (nSPS) is 12.6. The first-order chi connectivity index (χ1) is 7.95. The number of nitrogens with one attached hydrogen (secondary N) is 1. The number of ether oxygens (including phenoxy) is 1. The Morgan fingerprint density at radius 3 is 2.47 bits per heavy atom. The lowest BCUT2D eigenvalue weighted by Gasteiger charge is -2.25. The maximum absolute atomic E-state index is 12.1. The van der Waals surface area contributed by atoms with Crippen LogP contribution >= 0.6 is 0 Å². The summed E-state index contributed by atoms with van der Waals surface area (Å²) in [4.78, 5) is 0. The average Bonchev–Trinajstić information content (AvgIpc) is 2.24. The largest absolute Gasteiger partial charge is 0.383 e. The van der Waals surface area contributed by atoms with Gasteiger partial charge >= 0.3 is 0 Å². The SMILES string of the molecule is CCNCCCS(=O)(=O)N(CCOC)C(C)C. The van der Waals surface area contributed by atoms with E-state index in [9.17, 15) is 8.42 Å². The van der Waals surface area contributed by atoms with Crippen LogP contribution in [0.4, 0.5) is 0 Å². The maximum Gasteiger partial charge on any atom is 0.214 e. The van der Waals surface area contributed by atoms with Crippen LogP contribution in [0.1, 0.15) is 27.2 Å². The third-order valence-corrected chi connectivity index (χ3v) is 4.58. The van der Waals surface area contributed by atoms with Gasteiger partial charge in [-0.25, -0.2) is 8.42 Å². The van der Waals surface area contributed by atoms with Crippen LogP contribution in [-0.4, -0.2) is 57.9 Å². The molecule has 0 heterocycles. The van der Waals surface area contributed by atoms with E-state index in [1.807, 2.05) is 20.8 Å². The molecule has 0 saturated heterocycles. The third-order valence-electron chi connectivity index (χ3n) is 2.45. The first-order valence-corrected chi connectivity index (χ1v) is 7.75. The second-order valence-corrected chi connectivity index (χ2v) is 6.26. The van der Waals surface area contributed by atoms with E-state index in [4.69, 9.17) is 4.74 Å². The molecular formula is C11H26N2O3S. The molecule has 0 saturated carbocycles. The van der Waals surface area contributed by atoms with Crippen LogP contribution in [0.5, 0.6) is 0 Å².